The van der Waals surface area contributed by atoms with Gasteiger partial charge in [0.2, 0.25) is 0 Å². The molecule has 2 unspecified atom stereocenters. The van der Waals surface area contributed by atoms with Crippen molar-refractivity contribution in [1.82, 2.24) is 19.6 Å². The third-order valence-electron chi connectivity index (χ3n) is 5.67. The van der Waals surface area contributed by atoms with Gasteiger partial charge in [-0.05, 0) is 39.9 Å². The lowest BCUT2D eigenvalue weighted by atomic mass is 9.99. The fourth-order valence-corrected chi connectivity index (χ4v) is 4.24. The number of rotatable bonds is 2. The van der Waals surface area contributed by atoms with Crippen molar-refractivity contribution in [3.05, 3.63) is 12.3 Å². The van der Waals surface area contributed by atoms with Crippen LogP contribution in [-0.2, 0) is 9.47 Å². The predicted molar refractivity (Wildman–Crippen MR) is 97.3 cm³/mol. The maximum Gasteiger partial charge on any atom is 0.323 e. The maximum atomic E-state index is 12.7. The van der Waals surface area contributed by atoms with Gasteiger partial charge in [-0.25, -0.2) is 4.79 Å². The van der Waals surface area contributed by atoms with Crippen LogP contribution in [0.5, 0.6) is 0 Å². The number of amides is 2. The monoisotopic (exact) mass is 363 g/mol. The summed E-state index contributed by atoms with van der Waals surface area (Å²) in [6.07, 6.45) is 5.00. The summed E-state index contributed by atoms with van der Waals surface area (Å²) in [5.41, 5.74) is -0.345. The lowest BCUT2D eigenvalue weighted by Gasteiger charge is -2.42. The summed E-state index contributed by atoms with van der Waals surface area (Å²) in [4.78, 5) is 16.9. The van der Waals surface area contributed by atoms with Crippen LogP contribution >= 0.6 is 0 Å². The lowest BCUT2D eigenvalue weighted by Crippen LogP contribution is -2.57. The van der Waals surface area contributed by atoms with Crippen molar-refractivity contribution in [2.45, 2.75) is 43.9 Å². The number of aromatic nitrogens is 2. The number of urea groups is 1. The number of ether oxygens (including phenoxy) is 2. The molecule has 4 rings (SSSR count). The Morgan fingerprint density at radius 1 is 1.38 bits per heavy atom. The van der Waals surface area contributed by atoms with Crippen molar-refractivity contribution in [3.63, 3.8) is 0 Å². The molecule has 1 aromatic heterocycles. The Labute approximate surface area is 154 Å². The molecule has 26 heavy (non-hydrogen) atoms. The molecular formula is C18H29N5O3. The number of hydrogen-bond donors (Lipinski definition) is 1. The topological polar surface area (TPSA) is 71.9 Å². The number of carbonyl (C=O) groups is 1. The minimum atomic E-state index is -0.345. The van der Waals surface area contributed by atoms with Crippen molar-refractivity contribution >= 4 is 11.8 Å². The van der Waals surface area contributed by atoms with Crippen molar-refractivity contribution in [2.24, 2.45) is 0 Å². The van der Waals surface area contributed by atoms with Gasteiger partial charge in [0.25, 0.3) is 0 Å². The van der Waals surface area contributed by atoms with Crippen LogP contribution in [0, 0.1) is 0 Å². The van der Waals surface area contributed by atoms with E-state index in [0.717, 1.165) is 32.4 Å². The highest BCUT2D eigenvalue weighted by molar-refractivity contribution is 5.88. The first kappa shape index (κ1) is 17.8. The van der Waals surface area contributed by atoms with Crippen LogP contribution in [0.4, 0.5) is 10.6 Å². The van der Waals surface area contributed by atoms with Crippen molar-refractivity contribution in [3.8, 4) is 0 Å². The molecule has 3 aliphatic heterocycles. The summed E-state index contributed by atoms with van der Waals surface area (Å²) in [5, 5.41) is 7.54. The van der Waals surface area contributed by atoms with Crippen LogP contribution in [0.1, 0.15) is 32.2 Å². The summed E-state index contributed by atoms with van der Waals surface area (Å²) in [6, 6.07) is 2.19. The summed E-state index contributed by atoms with van der Waals surface area (Å²) in [7, 11) is 2.15. The first-order valence-electron chi connectivity index (χ1n) is 9.58. The van der Waals surface area contributed by atoms with E-state index in [9.17, 15) is 4.79 Å². The molecule has 0 radical (unpaired) electrons. The Balaban J connectivity index is 1.37. The standard InChI is InChI=1S/C18H29N5O3/c1-14-11-22(12-18(26-14)6-10-25-13-18)17(24)19-16-5-9-23(20-16)15-3-7-21(2)8-4-15/h5,9,14-15H,3-4,6-8,10-13H2,1-2H3,(H,19,20,24). The summed E-state index contributed by atoms with van der Waals surface area (Å²) < 4.78 is 13.6. The van der Waals surface area contributed by atoms with E-state index in [0.29, 0.717) is 38.2 Å². The molecule has 2 atom stereocenters. The molecule has 144 valence electrons. The molecule has 8 heteroatoms. The van der Waals surface area contributed by atoms with Crippen LogP contribution < -0.4 is 5.32 Å². The van der Waals surface area contributed by atoms with Gasteiger partial charge in [0.05, 0.1) is 25.3 Å². The molecule has 2 amide bonds. The van der Waals surface area contributed by atoms with E-state index in [1.54, 1.807) is 0 Å². The van der Waals surface area contributed by atoms with E-state index < -0.39 is 0 Å². The predicted octanol–water partition coefficient (Wildman–Crippen LogP) is 1.56. The summed E-state index contributed by atoms with van der Waals surface area (Å²) in [5.74, 6) is 0.616. The van der Waals surface area contributed by atoms with Crippen LogP contribution in [0.2, 0.25) is 0 Å². The van der Waals surface area contributed by atoms with Crippen LogP contribution in [0.25, 0.3) is 0 Å². The second-order valence-electron chi connectivity index (χ2n) is 7.94. The van der Waals surface area contributed by atoms with E-state index >= 15 is 0 Å². The number of morpholine rings is 1. The van der Waals surface area contributed by atoms with Gasteiger partial charge in [-0.3, -0.25) is 10.00 Å². The number of anilines is 1. The third-order valence-corrected chi connectivity index (χ3v) is 5.67. The Kier molecular flexibility index (Phi) is 4.90. The van der Waals surface area contributed by atoms with Crippen molar-refractivity contribution < 1.29 is 14.3 Å². The Hall–Kier alpha value is -1.64. The molecule has 4 heterocycles. The largest absolute Gasteiger partial charge is 0.378 e. The second-order valence-corrected chi connectivity index (χ2v) is 7.94. The maximum absolute atomic E-state index is 12.7. The Morgan fingerprint density at radius 3 is 2.92 bits per heavy atom. The molecule has 3 aliphatic rings. The molecule has 0 bridgehead atoms. The molecule has 1 spiro atoms. The average Bonchev–Trinajstić information content (AvgIpc) is 3.25. The number of piperidine rings is 1. The molecular weight excluding hydrogens is 334 g/mol. The van der Waals surface area contributed by atoms with Gasteiger partial charge in [-0.2, -0.15) is 5.10 Å². The molecule has 0 aromatic carbocycles. The van der Waals surface area contributed by atoms with Crippen molar-refractivity contribution in [1.29, 1.82) is 0 Å². The van der Waals surface area contributed by atoms with Crippen LogP contribution in [0.3, 0.4) is 0 Å². The highest BCUT2D eigenvalue weighted by Gasteiger charge is 2.44. The number of nitrogens with zero attached hydrogens (tertiary/aromatic N) is 4. The third kappa shape index (κ3) is 3.72. The van der Waals surface area contributed by atoms with Gasteiger partial charge < -0.3 is 19.3 Å². The normalized spacial score (nSPS) is 30.8. The molecule has 1 aromatic rings. The highest BCUT2D eigenvalue weighted by Crippen LogP contribution is 2.30. The fraction of sp³-hybridized carbons (Fsp3) is 0.778. The number of likely N-dealkylation sites (tertiary alicyclic amines) is 1. The average molecular weight is 363 g/mol. The molecule has 3 saturated heterocycles. The minimum absolute atomic E-state index is 0.00739. The lowest BCUT2D eigenvalue weighted by molar-refractivity contribution is -0.136. The molecule has 3 fully saturated rings. The van der Waals surface area contributed by atoms with E-state index in [-0.39, 0.29) is 17.7 Å². The van der Waals surface area contributed by atoms with Gasteiger partial charge in [0.1, 0.15) is 5.60 Å². The molecule has 1 N–H and O–H groups in total. The molecule has 0 saturated carbocycles. The van der Waals surface area contributed by atoms with Gasteiger partial charge in [0, 0.05) is 31.8 Å². The van der Waals surface area contributed by atoms with Gasteiger partial charge in [0.15, 0.2) is 5.82 Å². The fourth-order valence-electron chi connectivity index (χ4n) is 4.24. The van der Waals surface area contributed by atoms with E-state index in [4.69, 9.17) is 9.47 Å². The number of carbonyl (C=O) groups excluding carboxylic acids is 1. The van der Waals surface area contributed by atoms with E-state index in [1.807, 2.05) is 28.8 Å². The van der Waals surface area contributed by atoms with Crippen molar-refractivity contribution in [2.75, 3.05) is 51.8 Å². The molecule has 8 nitrogen and oxygen atoms in total. The van der Waals surface area contributed by atoms with Gasteiger partial charge in [-0.15, -0.1) is 0 Å². The number of nitrogens with one attached hydrogen (secondary N) is 1. The minimum Gasteiger partial charge on any atom is -0.378 e. The van der Waals surface area contributed by atoms with Crippen LogP contribution in [-0.4, -0.2) is 83.8 Å². The van der Waals surface area contributed by atoms with Crippen LogP contribution in [0.15, 0.2) is 12.3 Å². The zero-order valence-corrected chi connectivity index (χ0v) is 15.7. The quantitative estimate of drug-likeness (QED) is 0.863. The molecule has 0 aliphatic carbocycles. The summed E-state index contributed by atoms with van der Waals surface area (Å²) >= 11 is 0. The van der Waals surface area contributed by atoms with Gasteiger partial charge in [-0.1, -0.05) is 0 Å². The SMILES string of the molecule is CC1CN(C(=O)Nc2ccn(C3CCN(C)CC3)n2)CC2(CCOC2)O1. The first-order valence-corrected chi connectivity index (χ1v) is 9.58. The summed E-state index contributed by atoms with van der Waals surface area (Å²) in [6.45, 7) is 6.59. The zero-order valence-electron chi connectivity index (χ0n) is 15.7. The number of hydrogen-bond acceptors (Lipinski definition) is 5. The second kappa shape index (κ2) is 7.17. The smallest absolute Gasteiger partial charge is 0.323 e. The highest BCUT2D eigenvalue weighted by atomic mass is 16.6. The Morgan fingerprint density at radius 2 is 2.19 bits per heavy atom. The first-order chi connectivity index (χ1) is 12.5. The zero-order chi connectivity index (χ0) is 18.1. The van der Waals surface area contributed by atoms with E-state index in [2.05, 4.69) is 22.4 Å². The Bertz CT molecular complexity index is 635. The van der Waals surface area contributed by atoms with Gasteiger partial charge >= 0.3 is 6.03 Å². The van der Waals surface area contributed by atoms with E-state index in [1.165, 1.54) is 0 Å².